The van der Waals surface area contributed by atoms with Gasteiger partial charge in [-0.25, -0.2) is 9.97 Å². The molecule has 0 unspecified atom stereocenters. The smallest absolute Gasteiger partial charge is 0.224 e. The number of nitrogens with one attached hydrogen (secondary N) is 2. The van der Waals surface area contributed by atoms with Crippen LogP contribution >= 0.6 is 11.3 Å². The van der Waals surface area contributed by atoms with E-state index in [0.717, 1.165) is 50.6 Å². The van der Waals surface area contributed by atoms with E-state index in [2.05, 4.69) is 20.4 Å². The summed E-state index contributed by atoms with van der Waals surface area (Å²) >= 11 is 1.51. The number of carbonyl (C=O) groups is 1. The first-order chi connectivity index (χ1) is 14.2. The van der Waals surface area contributed by atoms with Crippen molar-refractivity contribution >= 4 is 49.2 Å². The van der Waals surface area contributed by atoms with Crippen molar-refractivity contribution in [3.05, 3.63) is 30.5 Å². The van der Waals surface area contributed by atoms with Crippen LogP contribution in [0.2, 0.25) is 0 Å². The Kier molecular flexibility index (Phi) is 4.61. The summed E-state index contributed by atoms with van der Waals surface area (Å²) in [5, 5.41) is 11.9. The monoisotopic (exact) mass is 408 g/mol. The third kappa shape index (κ3) is 3.32. The minimum Gasteiger partial charge on any atom is -0.378 e. The number of carbonyl (C=O) groups excluding carboxylic acids is 1. The maximum absolute atomic E-state index is 11.9. The van der Waals surface area contributed by atoms with Crippen LogP contribution < -0.4 is 10.2 Å². The molecule has 1 aliphatic heterocycles. The molecule has 1 fully saturated rings. The highest BCUT2D eigenvalue weighted by atomic mass is 32.1. The van der Waals surface area contributed by atoms with E-state index in [1.807, 2.05) is 31.2 Å². The highest BCUT2D eigenvalue weighted by Crippen LogP contribution is 2.37. The molecule has 9 heteroatoms. The first kappa shape index (κ1) is 18.0. The molecule has 8 nitrogen and oxygen atoms in total. The van der Waals surface area contributed by atoms with E-state index in [1.54, 1.807) is 6.20 Å². The van der Waals surface area contributed by atoms with Crippen molar-refractivity contribution in [2.45, 2.75) is 13.3 Å². The zero-order valence-electron chi connectivity index (χ0n) is 15.9. The van der Waals surface area contributed by atoms with Gasteiger partial charge in [0.05, 0.1) is 40.1 Å². The van der Waals surface area contributed by atoms with Crippen LogP contribution in [0.15, 0.2) is 30.5 Å². The standard InChI is InChI=1S/C20H20N6O2S/c1-2-16(27)23-17-10-15-18(29-17)20(26-6-8-28-9-7-26)24-19(22-15)12-4-3-5-14-13(12)11-21-25-14/h3-5,10-11H,2,6-9H2,1H3,(H,21,25)(H,23,27). The highest BCUT2D eigenvalue weighted by Gasteiger charge is 2.21. The highest BCUT2D eigenvalue weighted by molar-refractivity contribution is 7.23. The van der Waals surface area contributed by atoms with Gasteiger partial charge in [-0.15, -0.1) is 11.3 Å². The fourth-order valence-electron chi connectivity index (χ4n) is 3.48. The molecule has 0 saturated carbocycles. The minimum absolute atomic E-state index is 0.0131. The summed E-state index contributed by atoms with van der Waals surface area (Å²) in [6.07, 6.45) is 2.23. The van der Waals surface area contributed by atoms with Gasteiger partial charge in [0, 0.05) is 30.5 Å². The van der Waals surface area contributed by atoms with Gasteiger partial charge in [-0.1, -0.05) is 19.1 Å². The first-order valence-corrected chi connectivity index (χ1v) is 10.4. The predicted molar refractivity (Wildman–Crippen MR) is 114 cm³/mol. The second-order valence-electron chi connectivity index (χ2n) is 6.83. The Morgan fingerprint density at radius 3 is 3.00 bits per heavy atom. The van der Waals surface area contributed by atoms with E-state index >= 15 is 0 Å². The van der Waals surface area contributed by atoms with Crippen molar-refractivity contribution in [3.63, 3.8) is 0 Å². The molecule has 0 spiro atoms. The van der Waals surface area contributed by atoms with Gasteiger partial charge in [0.15, 0.2) is 11.6 Å². The van der Waals surface area contributed by atoms with Gasteiger partial charge in [-0.05, 0) is 12.1 Å². The Balaban J connectivity index is 1.68. The predicted octanol–water partition coefficient (Wildman–Crippen LogP) is 3.42. The summed E-state index contributed by atoms with van der Waals surface area (Å²) in [5.74, 6) is 1.52. The number of benzene rings is 1. The number of amides is 1. The van der Waals surface area contributed by atoms with Gasteiger partial charge in [-0.2, -0.15) is 5.10 Å². The number of fused-ring (bicyclic) bond motifs is 2. The van der Waals surface area contributed by atoms with E-state index in [9.17, 15) is 4.79 Å². The van der Waals surface area contributed by atoms with E-state index < -0.39 is 0 Å². The number of thiophene rings is 1. The molecule has 0 aliphatic carbocycles. The van der Waals surface area contributed by atoms with Gasteiger partial charge in [-0.3, -0.25) is 9.89 Å². The van der Waals surface area contributed by atoms with Gasteiger partial charge in [0.1, 0.15) is 0 Å². The molecule has 29 heavy (non-hydrogen) atoms. The van der Waals surface area contributed by atoms with Crippen molar-refractivity contribution in [2.75, 3.05) is 36.5 Å². The summed E-state index contributed by atoms with van der Waals surface area (Å²) in [7, 11) is 0. The summed E-state index contributed by atoms with van der Waals surface area (Å²) in [4.78, 5) is 23.9. The molecule has 4 heterocycles. The lowest BCUT2D eigenvalue weighted by molar-refractivity contribution is -0.115. The van der Waals surface area contributed by atoms with Gasteiger partial charge in [0.25, 0.3) is 0 Å². The van der Waals surface area contributed by atoms with Crippen LogP contribution in [0.3, 0.4) is 0 Å². The Bertz CT molecular complexity index is 1190. The molecule has 4 aromatic rings. The van der Waals surface area contributed by atoms with Crippen molar-refractivity contribution < 1.29 is 9.53 Å². The zero-order valence-corrected chi connectivity index (χ0v) is 16.8. The lowest BCUT2D eigenvalue weighted by Gasteiger charge is -2.28. The van der Waals surface area contributed by atoms with Crippen molar-refractivity contribution in [2.24, 2.45) is 0 Å². The molecule has 1 aliphatic rings. The van der Waals surface area contributed by atoms with Crippen LogP contribution in [0.25, 0.3) is 32.5 Å². The number of hydrogen-bond donors (Lipinski definition) is 2. The summed E-state index contributed by atoms with van der Waals surface area (Å²) in [5.41, 5.74) is 2.70. The number of nitrogens with zero attached hydrogens (tertiary/aromatic N) is 4. The molecule has 0 atom stereocenters. The number of ether oxygens (including phenoxy) is 1. The number of morpholine rings is 1. The SMILES string of the molecule is CCC(=O)Nc1cc2nc(-c3cccc4[nH]ncc34)nc(N3CCOCC3)c2s1. The third-order valence-corrected chi connectivity index (χ3v) is 6.01. The van der Waals surface area contributed by atoms with Crippen LogP contribution in [-0.2, 0) is 9.53 Å². The van der Waals surface area contributed by atoms with E-state index in [-0.39, 0.29) is 5.91 Å². The molecular formula is C20H20N6O2S. The fraction of sp³-hybridized carbons (Fsp3) is 0.300. The molecule has 148 valence electrons. The van der Waals surface area contributed by atoms with E-state index in [4.69, 9.17) is 14.7 Å². The Morgan fingerprint density at radius 2 is 2.17 bits per heavy atom. The fourth-order valence-corrected chi connectivity index (χ4v) is 4.51. The van der Waals surface area contributed by atoms with Crippen molar-refractivity contribution in [3.8, 4) is 11.4 Å². The van der Waals surface area contributed by atoms with Crippen molar-refractivity contribution in [1.29, 1.82) is 0 Å². The first-order valence-electron chi connectivity index (χ1n) is 9.59. The van der Waals surface area contributed by atoms with E-state index in [1.165, 1.54) is 11.3 Å². The number of H-pyrrole nitrogens is 1. The second kappa shape index (κ2) is 7.41. The lowest BCUT2D eigenvalue weighted by atomic mass is 10.1. The van der Waals surface area contributed by atoms with Crippen molar-refractivity contribution in [1.82, 2.24) is 20.2 Å². The van der Waals surface area contributed by atoms with Gasteiger partial charge >= 0.3 is 0 Å². The maximum Gasteiger partial charge on any atom is 0.224 e. The lowest BCUT2D eigenvalue weighted by Crippen LogP contribution is -2.36. The normalized spacial score (nSPS) is 14.6. The number of anilines is 2. The number of rotatable bonds is 4. The van der Waals surface area contributed by atoms with Crippen LogP contribution in [0.4, 0.5) is 10.8 Å². The van der Waals surface area contributed by atoms with Crippen LogP contribution in [-0.4, -0.2) is 52.4 Å². The molecule has 3 aromatic heterocycles. The molecular weight excluding hydrogens is 388 g/mol. The molecule has 5 rings (SSSR count). The van der Waals surface area contributed by atoms with Crippen LogP contribution in [0.5, 0.6) is 0 Å². The van der Waals surface area contributed by atoms with Gasteiger partial charge < -0.3 is 15.0 Å². The molecule has 0 radical (unpaired) electrons. The third-order valence-electron chi connectivity index (χ3n) is 4.97. The van der Waals surface area contributed by atoms with Crippen LogP contribution in [0.1, 0.15) is 13.3 Å². The average molecular weight is 408 g/mol. The summed E-state index contributed by atoms with van der Waals surface area (Å²) in [6, 6.07) is 7.89. The number of aromatic nitrogens is 4. The van der Waals surface area contributed by atoms with Gasteiger partial charge in [0.2, 0.25) is 5.91 Å². The minimum atomic E-state index is -0.0131. The average Bonchev–Trinajstić information content (AvgIpc) is 3.39. The quantitative estimate of drug-likeness (QED) is 0.537. The molecule has 0 bridgehead atoms. The topological polar surface area (TPSA) is 96.0 Å². The summed E-state index contributed by atoms with van der Waals surface area (Å²) < 4.78 is 6.49. The zero-order chi connectivity index (χ0) is 19.8. The Morgan fingerprint density at radius 1 is 1.31 bits per heavy atom. The largest absolute Gasteiger partial charge is 0.378 e. The van der Waals surface area contributed by atoms with E-state index in [0.29, 0.717) is 25.5 Å². The summed E-state index contributed by atoms with van der Waals surface area (Å²) in [6.45, 7) is 4.73. The molecule has 1 saturated heterocycles. The molecule has 1 amide bonds. The number of hydrogen-bond acceptors (Lipinski definition) is 7. The Labute approximate surface area is 170 Å². The second-order valence-corrected chi connectivity index (χ2v) is 7.89. The molecule has 2 N–H and O–H groups in total. The van der Waals surface area contributed by atoms with Crippen LogP contribution in [0, 0.1) is 0 Å². The maximum atomic E-state index is 11.9. The number of aromatic amines is 1. The molecule has 1 aromatic carbocycles. The Hall–Kier alpha value is -3.04.